The number of ether oxygens (including phenoxy) is 1. The molecule has 1 atom stereocenters. The van der Waals surface area contributed by atoms with E-state index in [-0.39, 0.29) is 11.8 Å². The number of imidazole rings is 1. The average molecular weight is 306 g/mol. The number of thiazole rings is 1. The van der Waals surface area contributed by atoms with Gasteiger partial charge in [0.25, 0.3) is 0 Å². The molecule has 1 aliphatic carbocycles. The molecule has 1 N–H and O–H groups in total. The number of methoxy groups -OCH3 is 1. The Bertz CT molecular complexity index is 649. The topological polar surface area (TPSA) is 69.0 Å². The molecular weight excluding hydrogens is 288 g/mol. The van der Waals surface area contributed by atoms with E-state index in [1.165, 1.54) is 17.0 Å². The van der Waals surface area contributed by atoms with Gasteiger partial charge in [0, 0.05) is 26.0 Å². The molecule has 1 amide bonds. The molecule has 0 saturated heterocycles. The number of hydrogen-bond donors (Lipinski definition) is 1. The monoisotopic (exact) mass is 306 g/mol. The summed E-state index contributed by atoms with van der Waals surface area (Å²) in [7, 11) is 3.62. The largest absolute Gasteiger partial charge is 0.379 e. The SMILES string of the molecule is COCc1cnc(NC(=O)C2CCCc3c2ncn3C)s1. The first-order chi connectivity index (χ1) is 10.2. The first-order valence-corrected chi connectivity index (χ1v) is 7.75. The molecular formula is C14H18N4O2S. The van der Waals surface area contributed by atoms with Crippen LogP contribution in [-0.2, 0) is 29.6 Å². The second-order valence-electron chi connectivity index (χ2n) is 5.19. The predicted octanol–water partition coefficient (Wildman–Crippen LogP) is 2.08. The van der Waals surface area contributed by atoms with Gasteiger partial charge in [-0.05, 0) is 19.3 Å². The number of aryl methyl sites for hydroxylation is 1. The molecule has 21 heavy (non-hydrogen) atoms. The Kier molecular flexibility index (Phi) is 4.03. The van der Waals surface area contributed by atoms with Crippen molar-refractivity contribution in [1.82, 2.24) is 14.5 Å². The van der Waals surface area contributed by atoms with E-state index in [4.69, 9.17) is 4.74 Å². The minimum atomic E-state index is -0.176. The number of anilines is 1. The van der Waals surface area contributed by atoms with Crippen LogP contribution >= 0.6 is 11.3 Å². The lowest BCUT2D eigenvalue weighted by atomic mass is 9.89. The molecule has 3 rings (SSSR count). The van der Waals surface area contributed by atoms with Crippen molar-refractivity contribution in [2.45, 2.75) is 31.8 Å². The number of rotatable bonds is 4. The first kappa shape index (κ1) is 14.2. The van der Waals surface area contributed by atoms with E-state index in [2.05, 4.69) is 15.3 Å². The van der Waals surface area contributed by atoms with Crippen molar-refractivity contribution in [3.63, 3.8) is 0 Å². The molecule has 0 saturated carbocycles. The second-order valence-corrected chi connectivity index (χ2v) is 6.30. The Hall–Kier alpha value is -1.73. The van der Waals surface area contributed by atoms with Crippen LogP contribution in [0.2, 0.25) is 0 Å². The third-order valence-corrected chi connectivity index (χ3v) is 4.60. The molecule has 0 aromatic carbocycles. The van der Waals surface area contributed by atoms with Crippen LogP contribution < -0.4 is 5.32 Å². The maximum absolute atomic E-state index is 12.5. The van der Waals surface area contributed by atoms with Crippen molar-refractivity contribution in [3.05, 3.63) is 28.8 Å². The predicted molar refractivity (Wildman–Crippen MR) is 80.3 cm³/mol. The van der Waals surface area contributed by atoms with E-state index in [1.54, 1.807) is 19.6 Å². The summed E-state index contributed by atoms with van der Waals surface area (Å²) in [5, 5.41) is 3.52. The summed E-state index contributed by atoms with van der Waals surface area (Å²) in [5.41, 5.74) is 2.08. The molecule has 2 aromatic heterocycles. The molecule has 0 radical (unpaired) electrons. The molecule has 0 aliphatic heterocycles. The van der Waals surface area contributed by atoms with Gasteiger partial charge in [-0.2, -0.15) is 0 Å². The zero-order valence-electron chi connectivity index (χ0n) is 12.1. The highest BCUT2D eigenvalue weighted by Gasteiger charge is 2.30. The van der Waals surface area contributed by atoms with E-state index in [0.717, 1.165) is 29.8 Å². The number of carbonyl (C=O) groups is 1. The quantitative estimate of drug-likeness (QED) is 0.939. The molecule has 0 spiro atoms. The van der Waals surface area contributed by atoms with Gasteiger partial charge < -0.3 is 14.6 Å². The number of hydrogen-bond acceptors (Lipinski definition) is 5. The Labute approximate surface area is 127 Å². The zero-order chi connectivity index (χ0) is 14.8. The van der Waals surface area contributed by atoms with Crippen LogP contribution in [0.1, 0.15) is 35.0 Å². The summed E-state index contributed by atoms with van der Waals surface area (Å²) in [5.74, 6) is -0.197. The fraction of sp³-hybridized carbons (Fsp3) is 0.500. The van der Waals surface area contributed by atoms with Gasteiger partial charge >= 0.3 is 0 Å². The standard InChI is InChI=1S/C14H18N4O2S/c1-18-8-16-12-10(4-3-5-11(12)18)13(19)17-14-15-6-9(21-14)7-20-2/h6,8,10H,3-5,7H2,1-2H3,(H,15,17,19). The summed E-state index contributed by atoms with van der Waals surface area (Å²) < 4.78 is 7.07. The normalized spacial score (nSPS) is 17.5. The molecule has 112 valence electrons. The van der Waals surface area contributed by atoms with Gasteiger partial charge in [0.2, 0.25) is 5.91 Å². The second kappa shape index (κ2) is 5.95. The van der Waals surface area contributed by atoms with Gasteiger partial charge in [0.15, 0.2) is 5.13 Å². The Morgan fingerprint density at radius 3 is 3.24 bits per heavy atom. The van der Waals surface area contributed by atoms with Crippen LogP contribution in [-0.4, -0.2) is 27.6 Å². The van der Waals surface area contributed by atoms with E-state index < -0.39 is 0 Å². The summed E-state index contributed by atoms with van der Waals surface area (Å²) in [4.78, 5) is 22.1. The van der Waals surface area contributed by atoms with Crippen LogP contribution in [0.5, 0.6) is 0 Å². The zero-order valence-corrected chi connectivity index (χ0v) is 12.9. The van der Waals surface area contributed by atoms with Gasteiger partial charge in [0.05, 0.1) is 29.4 Å². The third kappa shape index (κ3) is 2.84. The number of amides is 1. The van der Waals surface area contributed by atoms with Crippen molar-refractivity contribution in [2.24, 2.45) is 7.05 Å². The minimum absolute atomic E-state index is 0.0204. The van der Waals surface area contributed by atoms with Gasteiger partial charge in [0.1, 0.15) is 0 Å². The molecule has 7 heteroatoms. The highest BCUT2D eigenvalue weighted by molar-refractivity contribution is 7.15. The van der Waals surface area contributed by atoms with Crippen LogP contribution in [0.15, 0.2) is 12.5 Å². The van der Waals surface area contributed by atoms with Crippen molar-refractivity contribution in [3.8, 4) is 0 Å². The Morgan fingerprint density at radius 1 is 1.57 bits per heavy atom. The van der Waals surface area contributed by atoms with Crippen molar-refractivity contribution in [1.29, 1.82) is 0 Å². The molecule has 1 aliphatic rings. The lowest BCUT2D eigenvalue weighted by Gasteiger charge is -2.20. The summed E-state index contributed by atoms with van der Waals surface area (Å²) in [6.45, 7) is 0.515. The minimum Gasteiger partial charge on any atom is -0.379 e. The van der Waals surface area contributed by atoms with Crippen LogP contribution in [0.25, 0.3) is 0 Å². The average Bonchev–Trinajstić information content (AvgIpc) is 3.07. The fourth-order valence-electron chi connectivity index (χ4n) is 2.70. The van der Waals surface area contributed by atoms with Crippen molar-refractivity contribution < 1.29 is 9.53 Å². The van der Waals surface area contributed by atoms with E-state index in [1.807, 2.05) is 11.6 Å². The molecule has 1 unspecified atom stereocenters. The fourth-order valence-corrected chi connectivity index (χ4v) is 3.49. The van der Waals surface area contributed by atoms with Crippen LogP contribution in [0.4, 0.5) is 5.13 Å². The lowest BCUT2D eigenvalue weighted by molar-refractivity contribution is -0.118. The van der Waals surface area contributed by atoms with Crippen molar-refractivity contribution >= 4 is 22.4 Å². The van der Waals surface area contributed by atoms with E-state index >= 15 is 0 Å². The van der Waals surface area contributed by atoms with Crippen LogP contribution in [0.3, 0.4) is 0 Å². The number of nitrogens with one attached hydrogen (secondary N) is 1. The van der Waals surface area contributed by atoms with E-state index in [9.17, 15) is 4.79 Å². The number of carbonyl (C=O) groups excluding carboxylic acids is 1. The summed E-state index contributed by atoms with van der Waals surface area (Å²) in [6.07, 6.45) is 6.36. The highest BCUT2D eigenvalue weighted by atomic mass is 32.1. The van der Waals surface area contributed by atoms with Gasteiger partial charge in [-0.3, -0.25) is 4.79 Å². The lowest BCUT2D eigenvalue weighted by Crippen LogP contribution is -2.25. The van der Waals surface area contributed by atoms with Gasteiger partial charge in [-0.1, -0.05) is 11.3 Å². The molecule has 0 bridgehead atoms. The maximum atomic E-state index is 12.5. The smallest absolute Gasteiger partial charge is 0.235 e. The molecule has 6 nitrogen and oxygen atoms in total. The number of fused-ring (bicyclic) bond motifs is 1. The Balaban J connectivity index is 1.73. The first-order valence-electron chi connectivity index (χ1n) is 6.93. The van der Waals surface area contributed by atoms with Gasteiger partial charge in [-0.25, -0.2) is 9.97 Å². The third-order valence-electron chi connectivity index (χ3n) is 3.71. The van der Waals surface area contributed by atoms with Crippen LogP contribution in [0, 0.1) is 0 Å². The Morgan fingerprint density at radius 2 is 2.43 bits per heavy atom. The number of aromatic nitrogens is 3. The van der Waals surface area contributed by atoms with E-state index in [0.29, 0.717) is 11.7 Å². The number of nitrogens with zero attached hydrogens (tertiary/aromatic N) is 3. The van der Waals surface area contributed by atoms with Gasteiger partial charge in [-0.15, -0.1) is 0 Å². The molecule has 2 heterocycles. The molecule has 2 aromatic rings. The molecule has 0 fully saturated rings. The summed E-state index contributed by atoms with van der Waals surface area (Å²) in [6, 6.07) is 0. The summed E-state index contributed by atoms with van der Waals surface area (Å²) >= 11 is 1.44. The van der Waals surface area contributed by atoms with Crippen molar-refractivity contribution in [2.75, 3.05) is 12.4 Å². The maximum Gasteiger partial charge on any atom is 0.235 e. The highest BCUT2D eigenvalue weighted by Crippen LogP contribution is 2.31.